The van der Waals surface area contributed by atoms with Crippen molar-refractivity contribution < 1.29 is 0 Å². The van der Waals surface area contributed by atoms with Gasteiger partial charge in [-0.2, -0.15) is 0 Å². The van der Waals surface area contributed by atoms with Crippen molar-refractivity contribution in [1.29, 1.82) is 0 Å². The fourth-order valence-corrected chi connectivity index (χ4v) is 6.55. The zero-order chi connectivity index (χ0) is 26.6. The Kier molecular flexibility index (Phi) is 5.24. The number of rotatable bonds is 4. The van der Waals surface area contributed by atoms with E-state index in [1.807, 2.05) is 0 Å². The van der Waals surface area contributed by atoms with Crippen molar-refractivity contribution in [3.05, 3.63) is 156 Å². The van der Waals surface area contributed by atoms with Crippen molar-refractivity contribution in [2.45, 2.75) is 12.8 Å². The zero-order valence-electron chi connectivity index (χ0n) is 22.6. The molecule has 2 aliphatic carbocycles. The van der Waals surface area contributed by atoms with Crippen LogP contribution in [-0.4, -0.2) is 7.05 Å². The Morgan fingerprint density at radius 2 is 0.950 bits per heavy atom. The Bertz CT molecular complexity index is 1910. The Morgan fingerprint density at radius 3 is 1.75 bits per heavy atom. The van der Waals surface area contributed by atoms with Gasteiger partial charge in [0.2, 0.25) is 0 Å². The van der Waals surface area contributed by atoms with Crippen LogP contribution in [0.4, 0.5) is 11.4 Å². The molecule has 2 aliphatic rings. The summed E-state index contributed by atoms with van der Waals surface area (Å²) in [5, 5.41) is 0. The minimum atomic E-state index is 1.02. The van der Waals surface area contributed by atoms with E-state index in [-0.39, 0.29) is 0 Å². The van der Waals surface area contributed by atoms with Gasteiger partial charge in [0.1, 0.15) is 0 Å². The molecule has 1 heteroatoms. The Labute approximate surface area is 236 Å². The molecule has 190 valence electrons. The van der Waals surface area contributed by atoms with Crippen molar-refractivity contribution in [1.82, 2.24) is 0 Å². The maximum Gasteiger partial charge on any atom is 0.0414 e. The zero-order valence-corrected chi connectivity index (χ0v) is 22.6. The fourth-order valence-electron chi connectivity index (χ4n) is 6.55. The predicted octanol–water partition coefficient (Wildman–Crippen LogP) is 9.93. The third-order valence-corrected chi connectivity index (χ3v) is 8.75. The molecule has 0 aliphatic heterocycles. The predicted molar refractivity (Wildman–Crippen MR) is 168 cm³/mol. The summed E-state index contributed by atoms with van der Waals surface area (Å²) in [6, 6.07) is 49.2. The van der Waals surface area contributed by atoms with Gasteiger partial charge in [-0.3, -0.25) is 0 Å². The van der Waals surface area contributed by atoms with Crippen molar-refractivity contribution in [3.8, 4) is 44.5 Å². The molecule has 6 aromatic carbocycles. The maximum absolute atomic E-state index is 2.37. The average molecular weight is 512 g/mol. The lowest BCUT2D eigenvalue weighted by molar-refractivity contribution is 1.21. The number of benzene rings is 6. The van der Waals surface area contributed by atoms with E-state index >= 15 is 0 Å². The van der Waals surface area contributed by atoms with Crippen LogP contribution in [0.3, 0.4) is 0 Å². The molecule has 8 rings (SSSR count). The molecule has 6 aromatic rings. The molecular weight excluding hydrogens is 482 g/mol. The van der Waals surface area contributed by atoms with Gasteiger partial charge in [-0.15, -0.1) is 0 Å². The molecule has 0 fully saturated rings. The molecule has 0 N–H and O–H groups in total. The topological polar surface area (TPSA) is 3.24 Å². The number of anilines is 2. The van der Waals surface area contributed by atoms with E-state index in [1.165, 1.54) is 78.1 Å². The summed E-state index contributed by atoms with van der Waals surface area (Å²) < 4.78 is 0. The second-order valence-corrected chi connectivity index (χ2v) is 11.1. The van der Waals surface area contributed by atoms with Gasteiger partial charge in [-0.1, -0.05) is 103 Å². The van der Waals surface area contributed by atoms with Crippen LogP contribution < -0.4 is 4.90 Å². The first-order valence-corrected chi connectivity index (χ1v) is 14.1. The summed E-state index contributed by atoms with van der Waals surface area (Å²) in [6.07, 6.45) is 2.05. The second-order valence-electron chi connectivity index (χ2n) is 11.1. The summed E-state index contributed by atoms with van der Waals surface area (Å²) in [5.41, 5.74) is 18.6. The van der Waals surface area contributed by atoms with Crippen LogP contribution in [0.15, 0.2) is 133 Å². The number of hydrogen-bond donors (Lipinski definition) is 0. The van der Waals surface area contributed by atoms with Gasteiger partial charge < -0.3 is 4.90 Å². The van der Waals surface area contributed by atoms with Gasteiger partial charge in [0.05, 0.1) is 0 Å². The van der Waals surface area contributed by atoms with Crippen LogP contribution in [0.1, 0.15) is 22.3 Å². The standard InChI is InChI=1S/C39H29N/c1-40(34-18-15-26(16-19-34)28-17-20-38-33(21-28)23-31-8-2-4-11-36(31)38)35-10-6-9-27(24-35)29-13-14-32-22-30-7-3-5-12-37(30)39(32)25-29/h2-21,24-25H,22-23H2,1H3. The van der Waals surface area contributed by atoms with E-state index in [0.717, 1.165) is 12.8 Å². The molecule has 0 spiro atoms. The maximum atomic E-state index is 2.37. The van der Waals surface area contributed by atoms with Crippen LogP contribution >= 0.6 is 0 Å². The summed E-state index contributed by atoms with van der Waals surface area (Å²) in [5.74, 6) is 0. The van der Waals surface area contributed by atoms with Gasteiger partial charge in [0.25, 0.3) is 0 Å². The smallest absolute Gasteiger partial charge is 0.0414 e. The Hall–Kier alpha value is -4.88. The van der Waals surface area contributed by atoms with Crippen LogP contribution in [0.25, 0.3) is 44.5 Å². The number of hydrogen-bond acceptors (Lipinski definition) is 1. The molecule has 0 atom stereocenters. The average Bonchev–Trinajstić information content (AvgIpc) is 3.58. The molecular formula is C39H29N. The normalized spacial score (nSPS) is 12.4. The first-order valence-electron chi connectivity index (χ1n) is 14.1. The van der Waals surface area contributed by atoms with Gasteiger partial charge >= 0.3 is 0 Å². The molecule has 0 aromatic heterocycles. The third-order valence-electron chi connectivity index (χ3n) is 8.75. The molecule has 0 heterocycles. The minimum absolute atomic E-state index is 1.02. The molecule has 0 saturated heterocycles. The molecule has 0 bridgehead atoms. The minimum Gasteiger partial charge on any atom is -0.345 e. The van der Waals surface area contributed by atoms with Crippen LogP contribution in [0, 0.1) is 0 Å². The van der Waals surface area contributed by atoms with E-state index in [0.29, 0.717) is 0 Å². The molecule has 40 heavy (non-hydrogen) atoms. The highest BCUT2D eigenvalue weighted by Crippen LogP contribution is 2.40. The first kappa shape index (κ1) is 23.0. The highest BCUT2D eigenvalue weighted by Gasteiger charge is 2.19. The van der Waals surface area contributed by atoms with Crippen molar-refractivity contribution >= 4 is 11.4 Å². The van der Waals surface area contributed by atoms with Gasteiger partial charge in [-0.25, -0.2) is 0 Å². The van der Waals surface area contributed by atoms with Crippen LogP contribution in [0.5, 0.6) is 0 Å². The molecule has 1 nitrogen and oxygen atoms in total. The number of nitrogens with zero attached hydrogens (tertiary/aromatic N) is 1. The van der Waals surface area contributed by atoms with Crippen molar-refractivity contribution in [3.63, 3.8) is 0 Å². The monoisotopic (exact) mass is 511 g/mol. The SMILES string of the molecule is CN(c1ccc(-c2ccc3c(c2)Cc2ccccc2-3)cc1)c1cccc(-c2ccc3c(c2)-c2ccccc2C3)c1. The number of fused-ring (bicyclic) bond motifs is 6. The third kappa shape index (κ3) is 3.78. The quantitative estimate of drug-likeness (QED) is 0.227. The molecule has 0 radical (unpaired) electrons. The summed E-state index contributed by atoms with van der Waals surface area (Å²) in [7, 11) is 2.15. The fraction of sp³-hybridized carbons (Fsp3) is 0.0769. The largest absolute Gasteiger partial charge is 0.345 e. The van der Waals surface area contributed by atoms with Gasteiger partial charge in [-0.05, 0) is 110 Å². The lowest BCUT2D eigenvalue weighted by Crippen LogP contribution is -2.09. The highest BCUT2D eigenvalue weighted by atomic mass is 15.1. The van der Waals surface area contributed by atoms with Crippen LogP contribution in [0.2, 0.25) is 0 Å². The Balaban J connectivity index is 1.05. The summed E-state index contributed by atoms with van der Waals surface area (Å²) >= 11 is 0. The van der Waals surface area contributed by atoms with Crippen LogP contribution in [-0.2, 0) is 12.8 Å². The lowest BCUT2D eigenvalue weighted by Gasteiger charge is -2.21. The van der Waals surface area contributed by atoms with Crippen molar-refractivity contribution in [2.75, 3.05) is 11.9 Å². The lowest BCUT2D eigenvalue weighted by atomic mass is 9.98. The van der Waals surface area contributed by atoms with E-state index in [9.17, 15) is 0 Å². The Morgan fingerprint density at radius 1 is 0.375 bits per heavy atom. The van der Waals surface area contributed by atoms with Crippen molar-refractivity contribution in [2.24, 2.45) is 0 Å². The summed E-state index contributed by atoms with van der Waals surface area (Å²) in [6.45, 7) is 0. The summed E-state index contributed by atoms with van der Waals surface area (Å²) in [4.78, 5) is 2.27. The highest BCUT2D eigenvalue weighted by molar-refractivity contribution is 5.83. The van der Waals surface area contributed by atoms with E-state index in [1.54, 1.807) is 0 Å². The van der Waals surface area contributed by atoms with E-state index in [4.69, 9.17) is 0 Å². The molecule has 0 amide bonds. The van der Waals surface area contributed by atoms with Gasteiger partial charge in [0.15, 0.2) is 0 Å². The van der Waals surface area contributed by atoms with Gasteiger partial charge in [0, 0.05) is 18.4 Å². The first-order chi connectivity index (χ1) is 19.7. The second kappa shape index (κ2) is 9.10. The van der Waals surface area contributed by atoms with E-state index in [2.05, 4.69) is 145 Å². The molecule has 0 unspecified atom stereocenters. The molecule has 0 saturated carbocycles. The van der Waals surface area contributed by atoms with E-state index < -0.39 is 0 Å².